The Labute approximate surface area is 116 Å². The van der Waals surface area contributed by atoms with Gasteiger partial charge in [0.2, 0.25) is 5.95 Å². The molecule has 3 rings (SSSR count). The van der Waals surface area contributed by atoms with Crippen LogP contribution in [0.2, 0.25) is 0 Å². The molecule has 6 nitrogen and oxygen atoms in total. The third-order valence-electron chi connectivity index (χ3n) is 3.05. The number of benzene rings is 1. The van der Waals surface area contributed by atoms with Gasteiger partial charge < -0.3 is 10.6 Å². The van der Waals surface area contributed by atoms with E-state index in [1.54, 1.807) is 4.68 Å². The lowest BCUT2D eigenvalue weighted by Gasteiger charge is -2.09. The van der Waals surface area contributed by atoms with E-state index in [2.05, 4.69) is 25.7 Å². The Morgan fingerprint density at radius 2 is 2.05 bits per heavy atom. The van der Waals surface area contributed by atoms with E-state index >= 15 is 0 Å². The molecule has 0 spiro atoms. The first-order valence-electron chi connectivity index (χ1n) is 6.42. The molecule has 20 heavy (non-hydrogen) atoms. The highest BCUT2D eigenvalue weighted by Crippen LogP contribution is 2.22. The molecule has 0 bridgehead atoms. The molecule has 0 aliphatic carbocycles. The normalized spacial score (nSPS) is 10.7. The van der Waals surface area contributed by atoms with Crippen molar-refractivity contribution in [2.24, 2.45) is 7.05 Å². The molecule has 0 radical (unpaired) electrons. The highest BCUT2D eigenvalue weighted by atomic mass is 15.2. The van der Waals surface area contributed by atoms with Gasteiger partial charge in [-0.25, -0.2) is 4.98 Å². The molecule has 0 fully saturated rings. The minimum atomic E-state index is 0.609. The molecule has 0 saturated heterocycles. The molecule has 2 N–H and O–H groups in total. The Bertz CT molecular complexity index is 733. The number of hydrogen-bond donors (Lipinski definition) is 2. The molecule has 0 aliphatic heterocycles. The van der Waals surface area contributed by atoms with Crippen molar-refractivity contribution >= 4 is 22.7 Å². The average molecular weight is 268 g/mol. The third kappa shape index (κ3) is 2.40. The van der Waals surface area contributed by atoms with Crippen LogP contribution in [0, 0.1) is 0 Å². The lowest BCUT2D eigenvalue weighted by Crippen LogP contribution is -2.05. The van der Waals surface area contributed by atoms with E-state index in [1.165, 1.54) is 0 Å². The summed E-state index contributed by atoms with van der Waals surface area (Å²) in [7, 11) is 3.72. The van der Waals surface area contributed by atoms with Crippen molar-refractivity contribution in [3.05, 3.63) is 42.2 Å². The van der Waals surface area contributed by atoms with Gasteiger partial charge in [0, 0.05) is 37.8 Å². The fourth-order valence-electron chi connectivity index (χ4n) is 2.07. The van der Waals surface area contributed by atoms with Crippen LogP contribution in [0.5, 0.6) is 0 Å². The van der Waals surface area contributed by atoms with Crippen LogP contribution in [0.4, 0.5) is 11.8 Å². The lowest BCUT2D eigenvalue weighted by molar-refractivity contribution is 0.767. The van der Waals surface area contributed by atoms with E-state index in [0.717, 1.165) is 22.3 Å². The Morgan fingerprint density at radius 1 is 1.20 bits per heavy atom. The lowest BCUT2D eigenvalue weighted by atomic mass is 10.2. The number of nitrogens with zero attached hydrogens (tertiary/aromatic N) is 4. The smallest absolute Gasteiger partial charge is 0.224 e. The standard InChI is InChI=1S/C14H16N6/c1-15-14-18-12-6-4-3-5-11(12)13(19-14)16-7-10-8-17-20(2)9-10/h3-6,8-9H,7H2,1-2H3,(H2,15,16,18,19). The molecule has 0 saturated carbocycles. The van der Waals surface area contributed by atoms with Crippen LogP contribution in [0.15, 0.2) is 36.7 Å². The van der Waals surface area contributed by atoms with Gasteiger partial charge in [-0.3, -0.25) is 4.68 Å². The topological polar surface area (TPSA) is 67.7 Å². The van der Waals surface area contributed by atoms with Gasteiger partial charge in [0.15, 0.2) is 0 Å². The van der Waals surface area contributed by atoms with E-state index in [4.69, 9.17) is 0 Å². The van der Waals surface area contributed by atoms with Crippen molar-refractivity contribution in [1.82, 2.24) is 19.7 Å². The first-order chi connectivity index (χ1) is 9.76. The summed E-state index contributed by atoms with van der Waals surface area (Å²) < 4.78 is 1.79. The van der Waals surface area contributed by atoms with Gasteiger partial charge in [-0.15, -0.1) is 0 Å². The number of fused-ring (bicyclic) bond motifs is 1. The number of nitrogens with one attached hydrogen (secondary N) is 2. The van der Waals surface area contributed by atoms with Gasteiger partial charge in [-0.2, -0.15) is 10.1 Å². The largest absolute Gasteiger partial charge is 0.365 e. The van der Waals surface area contributed by atoms with Crippen molar-refractivity contribution in [3.63, 3.8) is 0 Å². The van der Waals surface area contributed by atoms with Gasteiger partial charge in [0.05, 0.1) is 11.7 Å². The fraction of sp³-hybridized carbons (Fsp3) is 0.214. The number of anilines is 2. The molecule has 2 aromatic heterocycles. The van der Waals surface area contributed by atoms with Gasteiger partial charge in [0.25, 0.3) is 0 Å². The molecule has 1 aromatic carbocycles. The molecule has 0 amide bonds. The van der Waals surface area contributed by atoms with Crippen LogP contribution in [0.25, 0.3) is 10.9 Å². The maximum Gasteiger partial charge on any atom is 0.224 e. The molecule has 0 atom stereocenters. The molecule has 0 aliphatic rings. The van der Waals surface area contributed by atoms with Gasteiger partial charge in [-0.1, -0.05) is 12.1 Å². The van der Waals surface area contributed by atoms with E-state index in [1.807, 2.05) is 50.8 Å². The summed E-state index contributed by atoms with van der Waals surface area (Å²) in [6, 6.07) is 7.95. The van der Waals surface area contributed by atoms with Crippen LogP contribution in [0.3, 0.4) is 0 Å². The Hall–Kier alpha value is -2.63. The number of hydrogen-bond acceptors (Lipinski definition) is 5. The first kappa shape index (κ1) is 12.4. The van der Waals surface area contributed by atoms with Crippen molar-refractivity contribution < 1.29 is 0 Å². The SMILES string of the molecule is CNc1nc(NCc2cnn(C)c2)c2ccccc2n1. The minimum Gasteiger partial charge on any atom is -0.365 e. The second-order valence-electron chi connectivity index (χ2n) is 4.54. The highest BCUT2D eigenvalue weighted by Gasteiger charge is 2.06. The summed E-state index contributed by atoms with van der Waals surface area (Å²) in [6.07, 6.45) is 3.82. The van der Waals surface area contributed by atoms with E-state index in [-0.39, 0.29) is 0 Å². The predicted molar refractivity (Wildman–Crippen MR) is 79.6 cm³/mol. The summed E-state index contributed by atoms with van der Waals surface area (Å²) in [4.78, 5) is 8.92. The number of aromatic nitrogens is 4. The Balaban J connectivity index is 1.93. The molecule has 102 valence electrons. The van der Waals surface area contributed by atoms with Crippen LogP contribution in [-0.4, -0.2) is 26.8 Å². The summed E-state index contributed by atoms with van der Waals surface area (Å²) >= 11 is 0. The zero-order valence-electron chi connectivity index (χ0n) is 11.5. The van der Waals surface area contributed by atoms with Crippen LogP contribution in [0.1, 0.15) is 5.56 Å². The molecule has 0 unspecified atom stereocenters. The van der Waals surface area contributed by atoms with Crippen molar-refractivity contribution in [2.45, 2.75) is 6.54 Å². The first-order valence-corrected chi connectivity index (χ1v) is 6.42. The summed E-state index contributed by atoms with van der Waals surface area (Å²) in [5.41, 5.74) is 2.03. The Morgan fingerprint density at radius 3 is 2.80 bits per heavy atom. The quantitative estimate of drug-likeness (QED) is 0.757. The van der Waals surface area contributed by atoms with Gasteiger partial charge in [-0.05, 0) is 12.1 Å². The Kier molecular flexibility index (Phi) is 3.20. The minimum absolute atomic E-state index is 0.609. The monoisotopic (exact) mass is 268 g/mol. The maximum atomic E-state index is 4.48. The molecular weight excluding hydrogens is 252 g/mol. The van der Waals surface area contributed by atoms with Crippen LogP contribution >= 0.6 is 0 Å². The van der Waals surface area contributed by atoms with Gasteiger partial charge in [0.1, 0.15) is 5.82 Å². The second kappa shape index (κ2) is 5.16. The highest BCUT2D eigenvalue weighted by molar-refractivity contribution is 5.89. The summed E-state index contributed by atoms with van der Waals surface area (Å²) in [5, 5.41) is 11.5. The average Bonchev–Trinajstić information content (AvgIpc) is 2.90. The van der Waals surface area contributed by atoms with Crippen molar-refractivity contribution in [1.29, 1.82) is 0 Å². The van der Waals surface area contributed by atoms with Crippen molar-refractivity contribution in [3.8, 4) is 0 Å². The van der Waals surface area contributed by atoms with E-state index < -0.39 is 0 Å². The van der Waals surface area contributed by atoms with Crippen molar-refractivity contribution in [2.75, 3.05) is 17.7 Å². The zero-order chi connectivity index (χ0) is 13.9. The second-order valence-corrected chi connectivity index (χ2v) is 4.54. The summed E-state index contributed by atoms with van der Waals surface area (Å²) in [6.45, 7) is 0.679. The molecule has 2 heterocycles. The van der Waals surface area contributed by atoms with E-state index in [0.29, 0.717) is 12.5 Å². The molecule has 6 heteroatoms. The van der Waals surface area contributed by atoms with Crippen LogP contribution < -0.4 is 10.6 Å². The zero-order valence-corrected chi connectivity index (χ0v) is 11.5. The van der Waals surface area contributed by atoms with Crippen LogP contribution in [-0.2, 0) is 13.6 Å². The fourth-order valence-corrected chi connectivity index (χ4v) is 2.07. The number of rotatable bonds is 4. The third-order valence-corrected chi connectivity index (χ3v) is 3.05. The van der Waals surface area contributed by atoms with Gasteiger partial charge >= 0.3 is 0 Å². The number of aryl methyl sites for hydroxylation is 1. The molecule has 3 aromatic rings. The maximum absolute atomic E-state index is 4.48. The predicted octanol–water partition coefficient (Wildman–Crippen LogP) is 2.02. The van der Waals surface area contributed by atoms with E-state index in [9.17, 15) is 0 Å². The summed E-state index contributed by atoms with van der Waals surface area (Å²) in [5.74, 6) is 1.43. The molecular formula is C14H16N6. The number of para-hydroxylation sites is 1.